The van der Waals surface area contributed by atoms with Crippen LogP contribution in [0.25, 0.3) is 0 Å². The standard InChI is InChI=1S/C25H42N4O4/c1-24(2,3)32-22(30)18-28-13-11-27(17-20-7-9-21(26)10-8-20)12-14-29(16-15-28)19-23(31)33-25(4,5)6/h7-10H,11-19,26H2,1-6H3. The Labute approximate surface area is 199 Å². The lowest BCUT2D eigenvalue weighted by Gasteiger charge is -2.27. The van der Waals surface area contributed by atoms with Crippen LogP contribution in [0.3, 0.4) is 0 Å². The molecular formula is C25H42N4O4. The van der Waals surface area contributed by atoms with Crippen molar-refractivity contribution in [3.05, 3.63) is 29.8 Å². The Morgan fingerprint density at radius 3 is 1.45 bits per heavy atom. The van der Waals surface area contributed by atoms with E-state index in [1.54, 1.807) is 0 Å². The Morgan fingerprint density at radius 2 is 1.09 bits per heavy atom. The number of esters is 2. The summed E-state index contributed by atoms with van der Waals surface area (Å²) in [5, 5.41) is 0. The van der Waals surface area contributed by atoms with Crippen molar-refractivity contribution in [1.29, 1.82) is 0 Å². The summed E-state index contributed by atoms with van der Waals surface area (Å²) >= 11 is 0. The molecule has 0 aliphatic carbocycles. The topological polar surface area (TPSA) is 88.3 Å². The minimum Gasteiger partial charge on any atom is -0.459 e. The van der Waals surface area contributed by atoms with Gasteiger partial charge in [0.05, 0.1) is 13.1 Å². The van der Waals surface area contributed by atoms with Crippen LogP contribution in [-0.4, -0.2) is 90.2 Å². The molecule has 1 aromatic rings. The first kappa shape index (κ1) is 27.1. The van der Waals surface area contributed by atoms with Gasteiger partial charge >= 0.3 is 11.9 Å². The lowest BCUT2D eigenvalue weighted by atomic mass is 10.2. The number of rotatable bonds is 6. The van der Waals surface area contributed by atoms with E-state index in [4.69, 9.17) is 15.2 Å². The number of hydrogen-bond donors (Lipinski definition) is 1. The molecule has 1 heterocycles. The Morgan fingerprint density at radius 1 is 0.727 bits per heavy atom. The van der Waals surface area contributed by atoms with E-state index in [-0.39, 0.29) is 25.0 Å². The molecule has 186 valence electrons. The van der Waals surface area contributed by atoms with E-state index in [0.717, 1.165) is 38.4 Å². The number of benzene rings is 1. The van der Waals surface area contributed by atoms with Gasteiger partial charge in [0.2, 0.25) is 0 Å². The van der Waals surface area contributed by atoms with Crippen molar-refractivity contribution in [2.75, 3.05) is 58.1 Å². The summed E-state index contributed by atoms with van der Waals surface area (Å²) in [5.74, 6) is -0.462. The van der Waals surface area contributed by atoms with Crippen LogP contribution in [0.15, 0.2) is 24.3 Å². The van der Waals surface area contributed by atoms with Gasteiger partial charge in [0.25, 0.3) is 0 Å². The van der Waals surface area contributed by atoms with Gasteiger partial charge in [-0.1, -0.05) is 12.1 Å². The molecule has 0 aromatic heterocycles. The number of nitrogens with two attached hydrogens (primary N) is 1. The molecule has 8 heteroatoms. The van der Waals surface area contributed by atoms with Crippen LogP contribution in [0.4, 0.5) is 5.69 Å². The summed E-state index contributed by atoms with van der Waals surface area (Å²) < 4.78 is 11.1. The van der Waals surface area contributed by atoms with Crippen molar-refractivity contribution in [1.82, 2.24) is 14.7 Å². The minimum atomic E-state index is -0.513. The van der Waals surface area contributed by atoms with Crippen molar-refractivity contribution >= 4 is 17.6 Å². The van der Waals surface area contributed by atoms with Gasteiger partial charge in [0, 0.05) is 51.5 Å². The van der Waals surface area contributed by atoms with Gasteiger partial charge in [-0.15, -0.1) is 0 Å². The predicted molar refractivity (Wildman–Crippen MR) is 131 cm³/mol. The molecule has 2 N–H and O–H groups in total. The molecule has 1 aliphatic heterocycles. The molecule has 1 aliphatic rings. The predicted octanol–water partition coefficient (Wildman–Crippen LogP) is 2.37. The van der Waals surface area contributed by atoms with Gasteiger partial charge in [-0.2, -0.15) is 0 Å². The number of ether oxygens (including phenoxy) is 2. The second-order valence-electron chi connectivity index (χ2n) is 10.7. The lowest BCUT2D eigenvalue weighted by molar-refractivity contribution is -0.158. The molecule has 0 radical (unpaired) electrons. The fourth-order valence-electron chi connectivity index (χ4n) is 3.65. The number of nitrogens with zero attached hydrogens (tertiary/aromatic N) is 3. The molecule has 0 saturated carbocycles. The number of nitrogen functional groups attached to an aromatic ring is 1. The van der Waals surface area contributed by atoms with Gasteiger partial charge in [0.15, 0.2) is 0 Å². The zero-order valence-electron chi connectivity index (χ0n) is 21.2. The lowest BCUT2D eigenvalue weighted by Crippen LogP contribution is -2.42. The maximum Gasteiger partial charge on any atom is 0.320 e. The first-order chi connectivity index (χ1) is 15.3. The van der Waals surface area contributed by atoms with Gasteiger partial charge < -0.3 is 15.2 Å². The highest BCUT2D eigenvalue weighted by Crippen LogP contribution is 2.12. The van der Waals surface area contributed by atoms with Crippen LogP contribution in [0.1, 0.15) is 47.1 Å². The van der Waals surface area contributed by atoms with E-state index < -0.39 is 11.2 Å². The molecule has 8 nitrogen and oxygen atoms in total. The quantitative estimate of drug-likeness (QED) is 0.509. The van der Waals surface area contributed by atoms with Crippen LogP contribution < -0.4 is 5.73 Å². The molecule has 33 heavy (non-hydrogen) atoms. The number of anilines is 1. The van der Waals surface area contributed by atoms with E-state index in [0.29, 0.717) is 13.1 Å². The second-order valence-corrected chi connectivity index (χ2v) is 10.7. The van der Waals surface area contributed by atoms with Gasteiger partial charge in [0.1, 0.15) is 11.2 Å². The summed E-state index contributed by atoms with van der Waals surface area (Å²) in [6, 6.07) is 7.91. The van der Waals surface area contributed by atoms with E-state index in [1.807, 2.05) is 65.8 Å². The van der Waals surface area contributed by atoms with E-state index in [2.05, 4.69) is 14.7 Å². The molecule has 1 saturated heterocycles. The van der Waals surface area contributed by atoms with Gasteiger partial charge in [-0.25, -0.2) is 0 Å². The zero-order valence-corrected chi connectivity index (χ0v) is 21.2. The first-order valence-corrected chi connectivity index (χ1v) is 11.7. The Bertz CT molecular complexity index is 726. The fourth-order valence-corrected chi connectivity index (χ4v) is 3.65. The highest BCUT2D eigenvalue weighted by atomic mass is 16.6. The minimum absolute atomic E-state index is 0.229. The average Bonchev–Trinajstić information content (AvgIpc) is 2.73. The maximum atomic E-state index is 12.5. The molecule has 0 spiro atoms. The number of carbonyl (C=O) groups excluding carboxylic acids is 2. The Hall–Kier alpha value is -2.16. The van der Waals surface area contributed by atoms with Crippen LogP contribution in [0.5, 0.6) is 0 Å². The monoisotopic (exact) mass is 462 g/mol. The van der Waals surface area contributed by atoms with Crippen LogP contribution >= 0.6 is 0 Å². The highest BCUT2D eigenvalue weighted by Gasteiger charge is 2.24. The van der Waals surface area contributed by atoms with E-state index in [9.17, 15) is 9.59 Å². The van der Waals surface area contributed by atoms with Gasteiger partial charge in [-0.05, 0) is 59.2 Å². The second kappa shape index (κ2) is 11.8. The Balaban J connectivity index is 2.08. The number of carbonyl (C=O) groups is 2. The molecule has 0 unspecified atom stereocenters. The summed E-state index contributed by atoms with van der Waals surface area (Å²) in [6.07, 6.45) is 0. The molecule has 0 amide bonds. The summed E-state index contributed by atoms with van der Waals surface area (Å²) in [7, 11) is 0. The molecule has 1 fully saturated rings. The zero-order chi connectivity index (χ0) is 24.6. The summed E-state index contributed by atoms with van der Waals surface area (Å²) in [5.41, 5.74) is 6.73. The van der Waals surface area contributed by atoms with Crippen molar-refractivity contribution in [3.63, 3.8) is 0 Å². The SMILES string of the molecule is CC(C)(C)OC(=O)CN1CCN(CC(=O)OC(C)(C)C)CCN(Cc2ccc(N)cc2)CC1. The molecule has 1 aromatic carbocycles. The largest absolute Gasteiger partial charge is 0.459 e. The Kier molecular flexibility index (Phi) is 9.70. The van der Waals surface area contributed by atoms with E-state index >= 15 is 0 Å². The molecule has 0 bridgehead atoms. The van der Waals surface area contributed by atoms with E-state index in [1.165, 1.54) is 5.56 Å². The van der Waals surface area contributed by atoms with Crippen molar-refractivity contribution in [2.24, 2.45) is 0 Å². The first-order valence-electron chi connectivity index (χ1n) is 11.7. The van der Waals surface area contributed by atoms with Gasteiger partial charge in [-0.3, -0.25) is 24.3 Å². The normalized spacial score (nSPS) is 17.6. The van der Waals surface area contributed by atoms with Crippen LogP contribution in [-0.2, 0) is 25.6 Å². The molecule has 0 atom stereocenters. The smallest absolute Gasteiger partial charge is 0.320 e. The van der Waals surface area contributed by atoms with Crippen molar-refractivity contribution in [2.45, 2.75) is 59.3 Å². The summed E-state index contributed by atoms with van der Waals surface area (Å²) in [4.78, 5) is 31.5. The summed E-state index contributed by atoms with van der Waals surface area (Å²) in [6.45, 7) is 17.0. The third-order valence-electron chi connectivity index (χ3n) is 5.13. The van der Waals surface area contributed by atoms with Crippen LogP contribution in [0, 0.1) is 0 Å². The molecule has 2 rings (SSSR count). The maximum absolute atomic E-state index is 12.5. The average molecular weight is 463 g/mol. The highest BCUT2D eigenvalue weighted by molar-refractivity contribution is 5.72. The third-order valence-corrected chi connectivity index (χ3v) is 5.13. The fraction of sp³-hybridized carbons (Fsp3) is 0.680. The number of hydrogen-bond acceptors (Lipinski definition) is 8. The molecular weight excluding hydrogens is 420 g/mol. The van der Waals surface area contributed by atoms with Crippen molar-refractivity contribution < 1.29 is 19.1 Å². The third kappa shape index (κ3) is 11.5. The van der Waals surface area contributed by atoms with Crippen molar-refractivity contribution in [3.8, 4) is 0 Å². The van der Waals surface area contributed by atoms with Crippen LogP contribution in [0.2, 0.25) is 0 Å².